The van der Waals surface area contributed by atoms with Gasteiger partial charge in [0.25, 0.3) is 0 Å². The number of carbonyl (C=O) groups excluding carboxylic acids is 1. The average Bonchev–Trinajstić information content (AvgIpc) is 3.38. The third-order valence-corrected chi connectivity index (χ3v) is 6.71. The van der Waals surface area contributed by atoms with Crippen LogP contribution in [0, 0.1) is 12.7 Å². The standard InChI is InChI=1S/C31H31FN4O3/c1-20-4-7-23(8-5-20)26(10-6-21(2)33-19-37)24-9-11-30(27(32)14-24)39-31-15-25-17-34-35-28(25)16-29(31)36-12-13-38-22(3)18-36/h4-11,14-17,19,22H,12-13,18H2,1-3H3,(H,33,37)(H,34,35)/b21-6-,26-10+. The van der Waals surface area contributed by atoms with Crippen LogP contribution in [0.15, 0.2) is 78.6 Å². The van der Waals surface area contributed by atoms with Crippen molar-refractivity contribution in [3.63, 3.8) is 0 Å². The lowest BCUT2D eigenvalue weighted by molar-refractivity contribution is -0.108. The van der Waals surface area contributed by atoms with Crippen LogP contribution in [0.3, 0.4) is 0 Å². The average molecular weight is 527 g/mol. The number of aromatic amines is 1. The summed E-state index contributed by atoms with van der Waals surface area (Å²) in [5, 5.41) is 10.7. The molecule has 1 atom stereocenters. The number of fused-ring (bicyclic) bond motifs is 1. The first kappa shape index (κ1) is 26.2. The van der Waals surface area contributed by atoms with Crippen molar-refractivity contribution in [2.75, 3.05) is 24.6 Å². The highest BCUT2D eigenvalue weighted by molar-refractivity contribution is 5.86. The zero-order valence-corrected chi connectivity index (χ0v) is 22.2. The van der Waals surface area contributed by atoms with Crippen molar-refractivity contribution in [3.8, 4) is 11.5 Å². The molecule has 8 heteroatoms. The number of aromatic nitrogens is 2. The van der Waals surface area contributed by atoms with Crippen molar-refractivity contribution in [2.45, 2.75) is 26.9 Å². The van der Waals surface area contributed by atoms with Crippen LogP contribution >= 0.6 is 0 Å². The molecule has 0 aliphatic carbocycles. The molecule has 0 spiro atoms. The predicted molar refractivity (Wildman–Crippen MR) is 151 cm³/mol. The number of nitrogens with zero attached hydrogens (tertiary/aromatic N) is 2. The van der Waals surface area contributed by atoms with Gasteiger partial charge in [-0.3, -0.25) is 9.89 Å². The number of morpholine rings is 1. The highest BCUT2D eigenvalue weighted by Crippen LogP contribution is 2.38. The number of carbonyl (C=O) groups is 1. The van der Waals surface area contributed by atoms with Crippen molar-refractivity contribution in [3.05, 3.63) is 101 Å². The van der Waals surface area contributed by atoms with Gasteiger partial charge in [-0.15, -0.1) is 0 Å². The Labute approximate surface area is 226 Å². The van der Waals surface area contributed by atoms with Gasteiger partial charge >= 0.3 is 0 Å². The van der Waals surface area contributed by atoms with Gasteiger partial charge in [0.2, 0.25) is 6.41 Å². The number of anilines is 1. The van der Waals surface area contributed by atoms with Crippen LogP contribution in [0.4, 0.5) is 10.1 Å². The fourth-order valence-electron chi connectivity index (χ4n) is 4.64. The first-order valence-corrected chi connectivity index (χ1v) is 12.9. The SMILES string of the molecule is C/C(=C/C=C(\c1ccc(C)cc1)c1ccc(Oc2cc3cn[nH]c3cc2N2CCOC(C)C2)c(F)c1)NC=O. The third-order valence-electron chi connectivity index (χ3n) is 6.71. The Morgan fingerprint density at radius 1 is 1.13 bits per heavy atom. The Morgan fingerprint density at radius 2 is 1.92 bits per heavy atom. The lowest BCUT2D eigenvalue weighted by Gasteiger charge is -2.33. The first-order valence-electron chi connectivity index (χ1n) is 12.9. The largest absolute Gasteiger partial charge is 0.452 e. The van der Waals surface area contributed by atoms with E-state index in [1.807, 2.05) is 62.4 Å². The molecule has 0 bridgehead atoms. The second-order valence-electron chi connectivity index (χ2n) is 9.71. The molecule has 2 N–H and O–H groups in total. The van der Waals surface area contributed by atoms with Crippen molar-refractivity contribution in [1.29, 1.82) is 0 Å². The highest BCUT2D eigenvalue weighted by Gasteiger charge is 2.22. The Kier molecular flexibility index (Phi) is 7.74. The maximum Gasteiger partial charge on any atom is 0.211 e. The van der Waals surface area contributed by atoms with Crippen LogP contribution in [0.25, 0.3) is 16.5 Å². The molecular formula is C31H31FN4O3. The highest BCUT2D eigenvalue weighted by atomic mass is 19.1. The van der Waals surface area contributed by atoms with Gasteiger partial charge in [-0.1, -0.05) is 42.0 Å². The van der Waals surface area contributed by atoms with Crippen LogP contribution < -0.4 is 15.0 Å². The van der Waals surface area contributed by atoms with E-state index in [2.05, 4.69) is 20.4 Å². The number of aryl methyl sites for hydroxylation is 1. The van der Waals surface area contributed by atoms with Gasteiger partial charge in [0.15, 0.2) is 17.3 Å². The minimum absolute atomic E-state index is 0.0754. The topological polar surface area (TPSA) is 79.5 Å². The summed E-state index contributed by atoms with van der Waals surface area (Å²) in [7, 11) is 0. The lowest BCUT2D eigenvalue weighted by Crippen LogP contribution is -2.41. The van der Waals surface area contributed by atoms with Crippen molar-refractivity contribution >= 4 is 28.6 Å². The second kappa shape index (κ2) is 11.5. The number of hydrogen-bond donors (Lipinski definition) is 2. The van der Waals surface area contributed by atoms with Gasteiger partial charge in [-0.05, 0) is 67.8 Å². The van der Waals surface area contributed by atoms with Crippen molar-refractivity contribution in [1.82, 2.24) is 15.5 Å². The molecule has 0 saturated carbocycles. The van der Waals surface area contributed by atoms with Crippen LogP contribution in [0.2, 0.25) is 0 Å². The number of nitrogens with one attached hydrogen (secondary N) is 2. The van der Waals surface area contributed by atoms with Gasteiger partial charge in [-0.2, -0.15) is 5.10 Å². The van der Waals surface area contributed by atoms with Crippen LogP contribution in [-0.2, 0) is 9.53 Å². The molecule has 1 aliphatic heterocycles. The molecule has 200 valence electrons. The van der Waals surface area contributed by atoms with Crippen molar-refractivity contribution < 1.29 is 18.7 Å². The van der Waals surface area contributed by atoms with E-state index in [1.165, 1.54) is 6.07 Å². The van der Waals surface area contributed by atoms with E-state index in [1.54, 1.807) is 25.3 Å². The van der Waals surface area contributed by atoms with E-state index in [0.717, 1.165) is 33.3 Å². The van der Waals surface area contributed by atoms with E-state index < -0.39 is 5.82 Å². The minimum atomic E-state index is -0.481. The maximum atomic E-state index is 15.6. The van der Waals surface area contributed by atoms with Gasteiger partial charge in [0.05, 0.1) is 30.1 Å². The Bertz CT molecular complexity index is 1540. The maximum absolute atomic E-state index is 15.6. The molecule has 1 aromatic heterocycles. The summed E-state index contributed by atoms with van der Waals surface area (Å²) < 4.78 is 27.5. The zero-order chi connectivity index (χ0) is 27.4. The molecule has 1 fully saturated rings. The fourth-order valence-corrected chi connectivity index (χ4v) is 4.64. The molecule has 1 saturated heterocycles. The number of halogens is 1. The number of H-pyrrole nitrogens is 1. The van der Waals surface area contributed by atoms with E-state index in [-0.39, 0.29) is 11.9 Å². The van der Waals surface area contributed by atoms with Gasteiger partial charge in [0, 0.05) is 24.2 Å². The second-order valence-corrected chi connectivity index (χ2v) is 9.71. The van der Waals surface area contributed by atoms with E-state index in [9.17, 15) is 4.79 Å². The molecule has 39 heavy (non-hydrogen) atoms. The number of benzene rings is 3. The number of amides is 1. The smallest absolute Gasteiger partial charge is 0.211 e. The summed E-state index contributed by atoms with van der Waals surface area (Å²) in [6, 6.07) is 16.9. The first-order chi connectivity index (χ1) is 18.9. The summed E-state index contributed by atoms with van der Waals surface area (Å²) in [4.78, 5) is 13.0. The molecule has 5 rings (SSSR count). The van der Waals surface area contributed by atoms with Crippen molar-refractivity contribution in [2.24, 2.45) is 0 Å². The summed E-state index contributed by atoms with van der Waals surface area (Å²) in [5.74, 6) is 0.199. The number of rotatable bonds is 8. The summed E-state index contributed by atoms with van der Waals surface area (Å²) in [6.45, 7) is 7.86. The summed E-state index contributed by atoms with van der Waals surface area (Å²) in [6.07, 6.45) is 6.09. The molecule has 2 heterocycles. The fraction of sp³-hybridized carbons (Fsp3) is 0.226. The number of hydrogen-bond acceptors (Lipinski definition) is 5. The Morgan fingerprint density at radius 3 is 2.67 bits per heavy atom. The molecule has 1 unspecified atom stereocenters. The molecule has 3 aromatic carbocycles. The summed E-state index contributed by atoms with van der Waals surface area (Å²) in [5.41, 5.74) is 5.97. The summed E-state index contributed by atoms with van der Waals surface area (Å²) >= 11 is 0. The Hall–Kier alpha value is -4.43. The molecule has 7 nitrogen and oxygen atoms in total. The quantitative estimate of drug-likeness (QED) is 0.214. The monoisotopic (exact) mass is 526 g/mol. The number of ether oxygens (including phenoxy) is 2. The lowest BCUT2D eigenvalue weighted by atomic mass is 9.96. The third kappa shape index (κ3) is 6.02. The molecule has 1 aliphatic rings. The van der Waals surface area contributed by atoms with Gasteiger partial charge in [0.1, 0.15) is 0 Å². The number of allylic oxidation sites excluding steroid dienone is 3. The predicted octanol–water partition coefficient (Wildman–Crippen LogP) is 6.11. The normalized spacial score (nSPS) is 16.4. The zero-order valence-electron chi connectivity index (χ0n) is 22.2. The van der Waals surface area contributed by atoms with Crippen LogP contribution in [0.1, 0.15) is 30.5 Å². The minimum Gasteiger partial charge on any atom is -0.452 e. The van der Waals surface area contributed by atoms with Crippen LogP contribution in [-0.4, -0.2) is 42.4 Å². The van der Waals surface area contributed by atoms with E-state index in [4.69, 9.17) is 9.47 Å². The van der Waals surface area contributed by atoms with Crippen LogP contribution in [0.5, 0.6) is 11.5 Å². The van der Waals surface area contributed by atoms with Gasteiger partial charge in [-0.25, -0.2) is 4.39 Å². The Balaban J connectivity index is 1.50. The molecule has 1 amide bonds. The molecular weight excluding hydrogens is 495 g/mol. The van der Waals surface area contributed by atoms with E-state index in [0.29, 0.717) is 43.1 Å². The van der Waals surface area contributed by atoms with E-state index >= 15 is 4.39 Å². The molecule has 4 aromatic rings. The molecule has 0 radical (unpaired) electrons. The van der Waals surface area contributed by atoms with Gasteiger partial charge < -0.3 is 19.7 Å².